The molecular weight excluding hydrogens is 308 g/mol. The van der Waals surface area contributed by atoms with Crippen LogP contribution in [0.4, 0.5) is 0 Å². The molecule has 0 saturated heterocycles. The summed E-state index contributed by atoms with van der Waals surface area (Å²) in [6.07, 6.45) is 5.21. The van der Waals surface area contributed by atoms with Crippen LogP contribution in [0.3, 0.4) is 0 Å². The number of terminal acetylenes is 1. The molecule has 0 aliphatic heterocycles. The number of benzene rings is 1. The lowest BCUT2D eigenvalue weighted by Crippen LogP contribution is -2.34. The Hall–Kier alpha value is -2.29. The molecule has 0 amide bonds. The smallest absolute Gasteiger partial charge is 0.298 e. The molecule has 4 nitrogen and oxygen atoms in total. The molecule has 0 saturated carbocycles. The van der Waals surface area contributed by atoms with E-state index in [0.717, 1.165) is 15.7 Å². The minimum absolute atomic E-state index is 0.0555. The van der Waals surface area contributed by atoms with Gasteiger partial charge < -0.3 is 0 Å². The Labute approximate surface area is 128 Å². The zero-order valence-electron chi connectivity index (χ0n) is 10.7. The summed E-state index contributed by atoms with van der Waals surface area (Å²) in [5, 5.41) is 2.93. The van der Waals surface area contributed by atoms with E-state index < -0.39 is 5.69 Å². The number of fused-ring (bicyclic) bond motifs is 1. The lowest BCUT2D eigenvalue weighted by molar-refractivity contribution is 0.743. The van der Waals surface area contributed by atoms with E-state index in [1.165, 1.54) is 11.3 Å². The fourth-order valence-corrected chi connectivity index (χ4v) is 3.21. The highest BCUT2D eigenvalue weighted by molar-refractivity contribution is 7.17. The zero-order valence-corrected chi connectivity index (χ0v) is 12.3. The molecule has 0 fully saturated rings. The number of aromatic nitrogens is 2. The number of hydrogen-bond donors (Lipinski definition) is 1. The fraction of sp³-hybridized carbons (Fsp3) is 0.0667. The van der Waals surface area contributed by atoms with Crippen molar-refractivity contribution in [3.8, 4) is 23.5 Å². The Morgan fingerprint density at radius 1 is 1.29 bits per heavy atom. The Morgan fingerprint density at radius 3 is 2.67 bits per heavy atom. The van der Waals surface area contributed by atoms with Gasteiger partial charge in [0, 0.05) is 16.0 Å². The van der Waals surface area contributed by atoms with E-state index in [4.69, 9.17) is 18.0 Å². The van der Waals surface area contributed by atoms with E-state index in [9.17, 15) is 9.59 Å². The first-order valence-electron chi connectivity index (χ1n) is 6.05. The first-order valence-corrected chi connectivity index (χ1v) is 7.31. The second kappa shape index (κ2) is 5.24. The Morgan fingerprint density at radius 2 is 2.00 bits per heavy atom. The number of hydrogen-bond acceptors (Lipinski definition) is 3. The van der Waals surface area contributed by atoms with Gasteiger partial charge >= 0.3 is 5.69 Å². The van der Waals surface area contributed by atoms with E-state index in [-0.39, 0.29) is 12.1 Å². The molecule has 1 N–H and O–H groups in total. The minimum Gasteiger partial charge on any atom is -0.298 e. The highest BCUT2D eigenvalue weighted by Crippen LogP contribution is 2.30. The molecule has 0 spiro atoms. The van der Waals surface area contributed by atoms with Gasteiger partial charge in [-0.25, -0.2) is 9.36 Å². The largest absolute Gasteiger partial charge is 0.330 e. The van der Waals surface area contributed by atoms with Gasteiger partial charge in [0.25, 0.3) is 5.56 Å². The second-order valence-corrected chi connectivity index (χ2v) is 5.70. The van der Waals surface area contributed by atoms with Gasteiger partial charge in [0.15, 0.2) is 0 Å². The van der Waals surface area contributed by atoms with Gasteiger partial charge in [-0.15, -0.1) is 17.8 Å². The number of halogens is 1. The molecule has 21 heavy (non-hydrogen) atoms. The van der Waals surface area contributed by atoms with Gasteiger partial charge in [0.05, 0.1) is 11.9 Å². The maximum atomic E-state index is 12.5. The van der Waals surface area contributed by atoms with Crippen molar-refractivity contribution in [1.29, 1.82) is 0 Å². The lowest BCUT2D eigenvalue weighted by Gasteiger charge is -2.02. The third-order valence-corrected chi connectivity index (χ3v) is 4.27. The average Bonchev–Trinajstić information content (AvgIpc) is 2.88. The highest BCUT2D eigenvalue weighted by atomic mass is 35.5. The first kappa shape index (κ1) is 13.7. The van der Waals surface area contributed by atoms with E-state index in [1.807, 2.05) is 17.5 Å². The van der Waals surface area contributed by atoms with Crippen molar-refractivity contribution >= 4 is 33.2 Å². The van der Waals surface area contributed by atoms with E-state index in [0.29, 0.717) is 15.2 Å². The van der Waals surface area contributed by atoms with Crippen molar-refractivity contribution in [2.24, 2.45) is 0 Å². The fourth-order valence-electron chi connectivity index (χ4n) is 2.13. The predicted octanol–water partition coefficient (Wildman–Crippen LogP) is 2.70. The van der Waals surface area contributed by atoms with Crippen molar-refractivity contribution in [2.75, 3.05) is 0 Å². The molecule has 3 rings (SSSR count). The molecule has 0 radical (unpaired) electrons. The van der Waals surface area contributed by atoms with Crippen LogP contribution in [0.25, 0.3) is 21.3 Å². The van der Waals surface area contributed by atoms with Crippen LogP contribution in [-0.2, 0) is 6.54 Å². The van der Waals surface area contributed by atoms with Crippen molar-refractivity contribution in [3.63, 3.8) is 0 Å². The number of thiophene rings is 1. The summed E-state index contributed by atoms with van der Waals surface area (Å²) in [5.41, 5.74) is 0.758. The quantitative estimate of drug-likeness (QED) is 0.739. The highest BCUT2D eigenvalue weighted by Gasteiger charge is 2.14. The number of rotatable bonds is 2. The van der Waals surface area contributed by atoms with Crippen LogP contribution < -0.4 is 11.2 Å². The van der Waals surface area contributed by atoms with Crippen LogP contribution in [0.1, 0.15) is 0 Å². The summed E-state index contributed by atoms with van der Waals surface area (Å²) in [7, 11) is 0. The SMILES string of the molecule is C#CCn1c(=O)[nH]c2scc(-c3ccc(Cl)cc3)c2c1=O. The van der Waals surface area contributed by atoms with Crippen molar-refractivity contribution in [2.45, 2.75) is 6.54 Å². The second-order valence-electron chi connectivity index (χ2n) is 4.39. The topological polar surface area (TPSA) is 54.9 Å². The Balaban J connectivity index is 2.34. The number of nitrogens with one attached hydrogen (secondary N) is 1. The molecule has 1 aromatic carbocycles. The van der Waals surface area contributed by atoms with Gasteiger partial charge in [0.2, 0.25) is 0 Å². The predicted molar refractivity (Wildman–Crippen MR) is 86.0 cm³/mol. The molecule has 0 aliphatic rings. The van der Waals surface area contributed by atoms with Gasteiger partial charge in [-0.3, -0.25) is 9.78 Å². The van der Waals surface area contributed by atoms with Crippen LogP contribution in [0.2, 0.25) is 5.02 Å². The summed E-state index contributed by atoms with van der Waals surface area (Å²) in [5.74, 6) is 2.32. The van der Waals surface area contributed by atoms with Gasteiger partial charge in [-0.2, -0.15) is 0 Å². The monoisotopic (exact) mass is 316 g/mol. The van der Waals surface area contributed by atoms with Crippen LogP contribution >= 0.6 is 22.9 Å². The van der Waals surface area contributed by atoms with Gasteiger partial charge in [0.1, 0.15) is 4.83 Å². The first-order chi connectivity index (χ1) is 10.1. The van der Waals surface area contributed by atoms with E-state index in [2.05, 4.69) is 10.9 Å². The van der Waals surface area contributed by atoms with Crippen molar-refractivity contribution in [1.82, 2.24) is 9.55 Å². The zero-order chi connectivity index (χ0) is 15.0. The molecule has 104 valence electrons. The normalized spacial score (nSPS) is 10.7. The molecule has 2 aromatic heterocycles. The molecule has 2 heterocycles. The standard InChI is InChI=1S/C15H9ClN2O2S/c1-2-7-18-14(19)12-11(8-21-13(12)17-15(18)20)9-3-5-10(16)6-4-9/h1,3-6,8H,7H2,(H,17,20). The maximum Gasteiger partial charge on any atom is 0.330 e. The van der Waals surface area contributed by atoms with E-state index in [1.54, 1.807) is 12.1 Å². The maximum absolute atomic E-state index is 12.5. The Bertz CT molecular complexity index is 974. The summed E-state index contributed by atoms with van der Waals surface area (Å²) in [6.45, 7) is -0.0555. The Kier molecular flexibility index (Phi) is 3.42. The number of H-pyrrole nitrogens is 1. The third kappa shape index (κ3) is 2.29. The van der Waals surface area contributed by atoms with Gasteiger partial charge in [-0.1, -0.05) is 29.7 Å². The number of nitrogens with zero attached hydrogens (tertiary/aromatic N) is 1. The summed E-state index contributed by atoms with van der Waals surface area (Å²) < 4.78 is 1.02. The van der Waals surface area contributed by atoms with Gasteiger partial charge in [-0.05, 0) is 17.7 Å². The lowest BCUT2D eigenvalue weighted by atomic mass is 10.1. The molecule has 0 atom stereocenters. The van der Waals surface area contributed by atoms with Crippen molar-refractivity contribution in [3.05, 3.63) is 55.5 Å². The molecule has 0 bridgehead atoms. The molecule has 0 aliphatic carbocycles. The van der Waals surface area contributed by atoms with Crippen LogP contribution in [-0.4, -0.2) is 9.55 Å². The van der Waals surface area contributed by atoms with Crippen LogP contribution in [0.5, 0.6) is 0 Å². The number of aromatic amines is 1. The van der Waals surface area contributed by atoms with E-state index >= 15 is 0 Å². The summed E-state index contributed by atoms with van der Waals surface area (Å²) >= 11 is 7.19. The molecule has 6 heteroatoms. The minimum atomic E-state index is -0.491. The third-order valence-electron chi connectivity index (χ3n) is 3.12. The average molecular weight is 317 g/mol. The van der Waals surface area contributed by atoms with Crippen LogP contribution in [0, 0.1) is 12.3 Å². The molecule has 3 aromatic rings. The summed E-state index contributed by atoms with van der Waals surface area (Å²) in [4.78, 5) is 27.6. The van der Waals surface area contributed by atoms with Crippen molar-refractivity contribution < 1.29 is 0 Å². The summed E-state index contributed by atoms with van der Waals surface area (Å²) in [6, 6.07) is 7.18. The van der Waals surface area contributed by atoms with Crippen LogP contribution in [0.15, 0.2) is 39.2 Å². The molecule has 0 unspecified atom stereocenters. The molecular formula is C15H9ClN2O2S.